The summed E-state index contributed by atoms with van der Waals surface area (Å²) < 4.78 is 29.4. The molecule has 1 aliphatic heterocycles. The van der Waals surface area contributed by atoms with Crippen molar-refractivity contribution in [3.05, 3.63) is 46.8 Å². The van der Waals surface area contributed by atoms with Crippen LogP contribution in [0.25, 0.3) is 0 Å². The molecule has 26 heavy (non-hydrogen) atoms. The van der Waals surface area contributed by atoms with Crippen molar-refractivity contribution in [1.82, 2.24) is 19.0 Å². The molecule has 0 unspecified atom stereocenters. The Morgan fingerprint density at radius 3 is 2.31 bits per heavy atom. The highest BCUT2D eigenvalue weighted by Gasteiger charge is 2.29. The number of rotatable bonds is 5. The van der Waals surface area contributed by atoms with E-state index in [1.807, 2.05) is 30.8 Å². The van der Waals surface area contributed by atoms with Gasteiger partial charge < -0.3 is 0 Å². The SMILES string of the molecule is CCn1ncc(CN2CCN(S(=O)(=O)c3ccc(C)c(C)c3)CC2)c1C. The molecular weight excluding hydrogens is 348 g/mol. The number of aromatic nitrogens is 2. The van der Waals surface area contributed by atoms with Crippen molar-refractivity contribution >= 4 is 10.0 Å². The Labute approximate surface area is 156 Å². The van der Waals surface area contributed by atoms with E-state index < -0.39 is 10.0 Å². The molecule has 1 aromatic heterocycles. The lowest BCUT2D eigenvalue weighted by molar-refractivity contribution is 0.181. The van der Waals surface area contributed by atoms with Gasteiger partial charge in [0.1, 0.15) is 0 Å². The van der Waals surface area contributed by atoms with Crippen LogP contribution in [0.1, 0.15) is 29.3 Å². The lowest BCUT2D eigenvalue weighted by atomic mass is 10.1. The number of hydrogen-bond donors (Lipinski definition) is 0. The number of nitrogens with zero attached hydrogens (tertiary/aromatic N) is 4. The predicted octanol–water partition coefficient (Wildman–Crippen LogP) is 2.33. The maximum absolute atomic E-state index is 12.9. The molecule has 2 aromatic rings. The lowest BCUT2D eigenvalue weighted by Gasteiger charge is -2.34. The van der Waals surface area contributed by atoms with Crippen LogP contribution in [0.4, 0.5) is 0 Å². The van der Waals surface area contributed by atoms with E-state index in [-0.39, 0.29) is 0 Å². The standard InChI is InChI=1S/C19H28N4O2S/c1-5-23-17(4)18(13-20-23)14-21-8-10-22(11-9-21)26(24,25)19-7-6-15(2)16(3)12-19/h6-7,12-13H,5,8-11,14H2,1-4H3. The molecule has 0 atom stereocenters. The van der Waals surface area contributed by atoms with Crippen LogP contribution in [-0.4, -0.2) is 53.6 Å². The summed E-state index contributed by atoms with van der Waals surface area (Å²) in [6, 6.07) is 5.37. The van der Waals surface area contributed by atoms with Gasteiger partial charge in [-0.25, -0.2) is 8.42 Å². The van der Waals surface area contributed by atoms with Gasteiger partial charge in [0.05, 0.1) is 11.1 Å². The summed E-state index contributed by atoms with van der Waals surface area (Å²) in [6.45, 7) is 12.3. The van der Waals surface area contributed by atoms with Crippen LogP contribution in [0, 0.1) is 20.8 Å². The largest absolute Gasteiger partial charge is 0.296 e. The second-order valence-corrected chi connectivity index (χ2v) is 8.94. The summed E-state index contributed by atoms with van der Waals surface area (Å²) in [4.78, 5) is 2.70. The van der Waals surface area contributed by atoms with Crippen molar-refractivity contribution in [2.45, 2.75) is 45.7 Å². The van der Waals surface area contributed by atoms with E-state index in [9.17, 15) is 8.42 Å². The minimum absolute atomic E-state index is 0.397. The fraction of sp³-hybridized carbons (Fsp3) is 0.526. The van der Waals surface area contributed by atoms with E-state index in [1.54, 1.807) is 16.4 Å². The number of hydrogen-bond acceptors (Lipinski definition) is 4. The number of piperazine rings is 1. The van der Waals surface area contributed by atoms with Crippen molar-refractivity contribution in [1.29, 1.82) is 0 Å². The third-order valence-electron chi connectivity index (χ3n) is 5.35. The molecule has 0 bridgehead atoms. The maximum atomic E-state index is 12.9. The smallest absolute Gasteiger partial charge is 0.243 e. The Morgan fingerprint density at radius 2 is 1.73 bits per heavy atom. The van der Waals surface area contributed by atoms with Crippen LogP contribution in [0.5, 0.6) is 0 Å². The zero-order valence-electron chi connectivity index (χ0n) is 16.1. The van der Waals surface area contributed by atoms with Crippen molar-refractivity contribution in [2.75, 3.05) is 26.2 Å². The zero-order valence-corrected chi connectivity index (χ0v) is 16.9. The van der Waals surface area contributed by atoms with Gasteiger partial charge in [0.2, 0.25) is 10.0 Å². The van der Waals surface area contributed by atoms with Crippen molar-refractivity contribution in [3.63, 3.8) is 0 Å². The van der Waals surface area contributed by atoms with Gasteiger partial charge in [-0.05, 0) is 51.0 Å². The fourth-order valence-electron chi connectivity index (χ4n) is 3.35. The zero-order chi connectivity index (χ0) is 18.9. The summed E-state index contributed by atoms with van der Waals surface area (Å²) in [5.41, 5.74) is 4.53. The van der Waals surface area contributed by atoms with E-state index in [2.05, 4.69) is 23.8 Å². The van der Waals surface area contributed by atoms with Crippen LogP contribution >= 0.6 is 0 Å². The Bertz CT molecular complexity index is 881. The highest BCUT2D eigenvalue weighted by Crippen LogP contribution is 2.21. The van der Waals surface area contributed by atoms with Crippen LogP contribution in [0.2, 0.25) is 0 Å². The average Bonchev–Trinajstić information content (AvgIpc) is 2.97. The average molecular weight is 377 g/mol. The molecule has 1 fully saturated rings. The highest BCUT2D eigenvalue weighted by atomic mass is 32.2. The van der Waals surface area contributed by atoms with E-state index in [4.69, 9.17) is 0 Å². The molecule has 0 spiro atoms. The molecular formula is C19H28N4O2S. The van der Waals surface area contributed by atoms with Gasteiger partial charge in [-0.3, -0.25) is 9.58 Å². The van der Waals surface area contributed by atoms with E-state index in [1.165, 1.54) is 11.3 Å². The molecule has 6 nitrogen and oxygen atoms in total. The van der Waals surface area contributed by atoms with Gasteiger partial charge in [-0.2, -0.15) is 9.40 Å². The molecule has 142 valence electrons. The number of sulfonamides is 1. The fourth-order valence-corrected chi connectivity index (χ4v) is 4.86. The van der Waals surface area contributed by atoms with Crippen molar-refractivity contribution < 1.29 is 8.42 Å². The van der Waals surface area contributed by atoms with Crippen molar-refractivity contribution in [2.24, 2.45) is 0 Å². The Morgan fingerprint density at radius 1 is 1.04 bits per heavy atom. The number of aryl methyl sites for hydroxylation is 3. The highest BCUT2D eigenvalue weighted by molar-refractivity contribution is 7.89. The number of benzene rings is 1. The minimum atomic E-state index is -3.42. The Hall–Kier alpha value is -1.70. The first-order valence-corrected chi connectivity index (χ1v) is 10.6. The third-order valence-corrected chi connectivity index (χ3v) is 7.24. The van der Waals surface area contributed by atoms with E-state index in [0.717, 1.165) is 37.3 Å². The third kappa shape index (κ3) is 3.70. The molecule has 1 aromatic carbocycles. The molecule has 7 heteroatoms. The van der Waals surface area contributed by atoms with Crippen molar-refractivity contribution in [3.8, 4) is 0 Å². The van der Waals surface area contributed by atoms with Gasteiger partial charge in [0.25, 0.3) is 0 Å². The van der Waals surface area contributed by atoms with Crippen LogP contribution in [0.3, 0.4) is 0 Å². The second kappa shape index (κ2) is 7.50. The molecule has 0 radical (unpaired) electrons. The summed E-state index contributed by atoms with van der Waals surface area (Å²) in [7, 11) is -3.42. The van der Waals surface area contributed by atoms with Gasteiger partial charge in [0.15, 0.2) is 0 Å². The van der Waals surface area contributed by atoms with E-state index >= 15 is 0 Å². The Kier molecular flexibility index (Phi) is 5.50. The summed E-state index contributed by atoms with van der Waals surface area (Å²) in [5.74, 6) is 0. The minimum Gasteiger partial charge on any atom is -0.296 e. The molecule has 1 aliphatic rings. The summed E-state index contributed by atoms with van der Waals surface area (Å²) >= 11 is 0. The van der Waals surface area contributed by atoms with Gasteiger partial charge >= 0.3 is 0 Å². The monoisotopic (exact) mass is 376 g/mol. The normalized spacial score (nSPS) is 16.9. The van der Waals surface area contributed by atoms with E-state index in [0.29, 0.717) is 18.0 Å². The van der Waals surface area contributed by atoms with Gasteiger partial charge in [-0.15, -0.1) is 0 Å². The molecule has 2 heterocycles. The molecule has 1 saturated heterocycles. The molecule has 0 N–H and O–H groups in total. The first kappa shape index (κ1) is 19.1. The quantitative estimate of drug-likeness (QED) is 0.804. The molecule has 0 amide bonds. The predicted molar refractivity (Wildman–Crippen MR) is 103 cm³/mol. The molecule has 0 aliphatic carbocycles. The summed E-state index contributed by atoms with van der Waals surface area (Å²) in [5, 5.41) is 4.39. The van der Waals surface area contributed by atoms with Crippen LogP contribution < -0.4 is 0 Å². The second-order valence-electron chi connectivity index (χ2n) is 7.00. The maximum Gasteiger partial charge on any atom is 0.243 e. The first-order chi connectivity index (χ1) is 12.3. The lowest BCUT2D eigenvalue weighted by Crippen LogP contribution is -2.48. The first-order valence-electron chi connectivity index (χ1n) is 9.14. The molecule has 0 saturated carbocycles. The Balaban J connectivity index is 1.65. The van der Waals surface area contributed by atoms with Crippen LogP contribution in [0.15, 0.2) is 29.3 Å². The van der Waals surface area contributed by atoms with Gasteiger partial charge in [-0.1, -0.05) is 6.07 Å². The topological polar surface area (TPSA) is 58.4 Å². The van der Waals surface area contributed by atoms with Crippen LogP contribution in [-0.2, 0) is 23.1 Å². The molecule has 3 rings (SSSR count). The van der Waals surface area contributed by atoms with Gasteiger partial charge in [0, 0.05) is 50.5 Å². The summed E-state index contributed by atoms with van der Waals surface area (Å²) in [6.07, 6.45) is 1.93.